The van der Waals surface area contributed by atoms with Crippen molar-refractivity contribution >= 4 is 17.6 Å². The Hall–Kier alpha value is -1.01. The molecule has 2 fully saturated rings. The first-order valence-corrected chi connectivity index (χ1v) is 6.34. The second-order valence-electron chi connectivity index (χ2n) is 4.62. The molecule has 1 aromatic rings. The molecule has 0 spiro atoms. The van der Waals surface area contributed by atoms with Crippen LogP contribution in [0.15, 0.2) is 6.20 Å². The number of piperidine rings is 1. The number of fused-ring (bicyclic) bond motifs is 2. The molecule has 0 radical (unpaired) electrons. The molecule has 16 heavy (non-hydrogen) atoms. The number of aromatic nitrogens is 2. The summed E-state index contributed by atoms with van der Waals surface area (Å²) < 4.78 is 7.90. The van der Waals surface area contributed by atoms with Gasteiger partial charge in [-0.05, 0) is 25.7 Å². The van der Waals surface area contributed by atoms with E-state index in [4.69, 9.17) is 5.73 Å². The molecule has 86 valence electrons. The molecule has 2 bridgehead atoms. The Kier molecular flexibility index (Phi) is 2.40. The van der Waals surface area contributed by atoms with E-state index in [2.05, 4.69) is 8.75 Å². The summed E-state index contributed by atoms with van der Waals surface area (Å²) in [6, 6.07) is 0.904. The molecule has 2 unspecified atom stereocenters. The number of carbonyl (C=O) groups is 1. The van der Waals surface area contributed by atoms with Crippen LogP contribution in [0.5, 0.6) is 0 Å². The number of hydrogen-bond donors (Lipinski definition) is 1. The molecule has 3 heterocycles. The summed E-state index contributed by atoms with van der Waals surface area (Å²) >= 11 is 1.08. The van der Waals surface area contributed by atoms with E-state index in [9.17, 15) is 4.79 Å². The van der Waals surface area contributed by atoms with Crippen molar-refractivity contribution in [3.63, 3.8) is 0 Å². The van der Waals surface area contributed by atoms with Crippen molar-refractivity contribution in [2.75, 3.05) is 0 Å². The Morgan fingerprint density at radius 1 is 1.44 bits per heavy atom. The van der Waals surface area contributed by atoms with Crippen LogP contribution in [0.3, 0.4) is 0 Å². The second kappa shape index (κ2) is 3.78. The van der Waals surface area contributed by atoms with Crippen LogP contribution >= 0.6 is 11.7 Å². The average Bonchev–Trinajstić information content (AvgIpc) is 2.85. The topological polar surface area (TPSA) is 72.1 Å². The van der Waals surface area contributed by atoms with Gasteiger partial charge in [0.05, 0.1) is 17.9 Å². The number of nitrogens with two attached hydrogens (primary N) is 1. The minimum atomic E-state index is 0.0353. The van der Waals surface area contributed by atoms with Gasteiger partial charge >= 0.3 is 0 Å². The van der Waals surface area contributed by atoms with Crippen molar-refractivity contribution in [3.05, 3.63) is 11.9 Å². The van der Waals surface area contributed by atoms with Crippen molar-refractivity contribution in [3.8, 4) is 0 Å². The fourth-order valence-corrected chi connectivity index (χ4v) is 3.35. The first-order chi connectivity index (χ1) is 7.75. The number of hydrogen-bond acceptors (Lipinski definition) is 5. The average molecular weight is 238 g/mol. The van der Waals surface area contributed by atoms with E-state index >= 15 is 0 Å². The molecule has 0 aromatic carbocycles. The van der Waals surface area contributed by atoms with Crippen LogP contribution in [-0.2, 0) is 0 Å². The van der Waals surface area contributed by atoms with E-state index < -0.39 is 0 Å². The monoisotopic (exact) mass is 238 g/mol. The molecule has 1 amide bonds. The maximum Gasteiger partial charge on any atom is 0.275 e. The highest BCUT2D eigenvalue weighted by Gasteiger charge is 2.42. The number of carbonyl (C=O) groups excluding carboxylic acids is 1. The zero-order chi connectivity index (χ0) is 11.1. The van der Waals surface area contributed by atoms with Crippen LogP contribution in [0.2, 0.25) is 0 Å². The summed E-state index contributed by atoms with van der Waals surface area (Å²) in [6.07, 6.45) is 5.59. The van der Waals surface area contributed by atoms with Crippen LogP contribution < -0.4 is 5.73 Å². The van der Waals surface area contributed by atoms with Gasteiger partial charge in [-0.2, -0.15) is 8.75 Å². The van der Waals surface area contributed by atoms with Gasteiger partial charge < -0.3 is 10.6 Å². The van der Waals surface area contributed by atoms with Crippen LogP contribution in [0.4, 0.5) is 0 Å². The van der Waals surface area contributed by atoms with E-state index in [1.54, 1.807) is 6.20 Å². The summed E-state index contributed by atoms with van der Waals surface area (Å²) in [5.41, 5.74) is 6.46. The molecule has 2 aliphatic heterocycles. The summed E-state index contributed by atoms with van der Waals surface area (Å²) in [6.45, 7) is 0. The van der Waals surface area contributed by atoms with Gasteiger partial charge in [-0.25, -0.2) is 0 Å². The summed E-state index contributed by atoms with van der Waals surface area (Å²) in [7, 11) is 0. The Morgan fingerprint density at radius 2 is 2.12 bits per heavy atom. The zero-order valence-corrected chi connectivity index (χ0v) is 9.69. The lowest BCUT2D eigenvalue weighted by atomic mass is 9.98. The maximum absolute atomic E-state index is 12.2. The largest absolute Gasteiger partial charge is 0.331 e. The Morgan fingerprint density at radius 3 is 2.69 bits per heavy atom. The van der Waals surface area contributed by atoms with Crippen molar-refractivity contribution in [2.24, 2.45) is 5.73 Å². The highest BCUT2D eigenvalue weighted by molar-refractivity contribution is 6.99. The summed E-state index contributed by atoms with van der Waals surface area (Å²) in [5.74, 6) is 0.0353. The third-order valence-electron chi connectivity index (χ3n) is 3.58. The molecule has 0 aliphatic carbocycles. The predicted octanol–water partition coefficient (Wildman–Crippen LogP) is 0.632. The van der Waals surface area contributed by atoms with Gasteiger partial charge in [-0.1, -0.05) is 0 Å². The minimum absolute atomic E-state index is 0.0353. The molecule has 0 saturated carbocycles. The maximum atomic E-state index is 12.2. The lowest BCUT2D eigenvalue weighted by molar-refractivity contribution is 0.0570. The molecular formula is C10H14N4OS. The fourth-order valence-electron chi connectivity index (χ4n) is 2.94. The van der Waals surface area contributed by atoms with Gasteiger partial charge in [-0.3, -0.25) is 4.79 Å². The molecule has 2 aliphatic rings. The molecular weight excluding hydrogens is 224 g/mol. The standard InChI is InChI=1S/C10H14N4OS/c11-6-3-7-1-2-8(4-6)14(7)10(15)9-5-12-16-13-9/h5-8H,1-4,11H2. The Labute approximate surface area is 98.0 Å². The SMILES string of the molecule is NC1CC2CCC(C1)N2C(=O)c1cnsn1. The summed E-state index contributed by atoms with van der Waals surface area (Å²) in [4.78, 5) is 14.2. The molecule has 6 heteroatoms. The fraction of sp³-hybridized carbons (Fsp3) is 0.700. The molecule has 2 N–H and O–H groups in total. The van der Waals surface area contributed by atoms with Gasteiger partial charge in [0.15, 0.2) is 5.69 Å². The molecule has 1 aromatic heterocycles. The summed E-state index contributed by atoms with van der Waals surface area (Å²) in [5, 5.41) is 0. The van der Waals surface area contributed by atoms with Crippen molar-refractivity contribution in [1.82, 2.24) is 13.6 Å². The quantitative estimate of drug-likeness (QED) is 0.779. The van der Waals surface area contributed by atoms with Crippen molar-refractivity contribution in [1.29, 1.82) is 0 Å². The lowest BCUT2D eigenvalue weighted by Crippen LogP contribution is -2.50. The number of amides is 1. The lowest BCUT2D eigenvalue weighted by Gasteiger charge is -2.37. The highest BCUT2D eigenvalue weighted by atomic mass is 32.1. The van der Waals surface area contributed by atoms with E-state index in [1.165, 1.54) is 0 Å². The molecule has 2 saturated heterocycles. The van der Waals surface area contributed by atoms with E-state index in [0.717, 1.165) is 37.4 Å². The second-order valence-corrected chi connectivity index (χ2v) is 5.18. The minimum Gasteiger partial charge on any atom is -0.331 e. The third-order valence-corrected chi connectivity index (χ3v) is 4.06. The van der Waals surface area contributed by atoms with Gasteiger partial charge in [0.1, 0.15) is 0 Å². The van der Waals surface area contributed by atoms with Gasteiger partial charge in [0, 0.05) is 18.1 Å². The normalized spacial score (nSPS) is 33.1. The first-order valence-electron chi connectivity index (χ1n) is 5.61. The predicted molar refractivity (Wildman–Crippen MR) is 60.1 cm³/mol. The molecule has 3 rings (SSSR count). The third kappa shape index (κ3) is 1.53. The zero-order valence-electron chi connectivity index (χ0n) is 8.87. The van der Waals surface area contributed by atoms with E-state index in [1.807, 2.05) is 4.90 Å². The number of rotatable bonds is 1. The van der Waals surface area contributed by atoms with Gasteiger partial charge in [-0.15, -0.1) is 0 Å². The Balaban J connectivity index is 1.84. The van der Waals surface area contributed by atoms with Crippen LogP contribution in [0, 0.1) is 0 Å². The molecule has 5 nitrogen and oxygen atoms in total. The van der Waals surface area contributed by atoms with Crippen LogP contribution in [-0.4, -0.2) is 37.7 Å². The van der Waals surface area contributed by atoms with Gasteiger partial charge in [0.2, 0.25) is 0 Å². The van der Waals surface area contributed by atoms with Crippen LogP contribution in [0.25, 0.3) is 0 Å². The van der Waals surface area contributed by atoms with Gasteiger partial charge in [0.25, 0.3) is 5.91 Å². The highest BCUT2D eigenvalue weighted by Crippen LogP contribution is 2.35. The van der Waals surface area contributed by atoms with E-state index in [-0.39, 0.29) is 11.9 Å². The van der Waals surface area contributed by atoms with Crippen LogP contribution in [0.1, 0.15) is 36.2 Å². The van der Waals surface area contributed by atoms with Crippen molar-refractivity contribution in [2.45, 2.75) is 43.8 Å². The van der Waals surface area contributed by atoms with E-state index in [0.29, 0.717) is 17.8 Å². The van der Waals surface area contributed by atoms with Crippen molar-refractivity contribution < 1.29 is 4.79 Å². The molecule has 2 atom stereocenters. The first kappa shape index (κ1) is 10.2. The smallest absolute Gasteiger partial charge is 0.275 e. The number of nitrogens with zero attached hydrogens (tertiary/aromatic N) is 3. The Bertz CT molecular complexity index is 380.